The van der Waals surface area contributed by atoms with E-state index in [0.29, 0.717) is 5.56 Å². The van der Waals surface area contributed by atoms with Gasteiger partial charge in [0.2, 0.25) is 23.6 Å². The van der Waals surface area contributed by atoms with Crippen LogP contribution in [0.25, 0.3) is 0 Å². The van der Waals surface area contributed by atoms with Gasteiger partial charge in [-0.25, -0.2) is 4.79 Å². The second kappa shape index (κ2) is 14.0. The van der Waals surface area contributed by atoms with Gasteiger partial charge in [-0.3, -0.25) is 24.0 Å². The summed E-state index contributed by atoms with van der Waals surface area (Å²) in [5.74, 6) is -4.52. The summed E-state index contributed by atoms with van der Waals surface area (Å²) >= 11 is 0. The molecule has 0 saturated heterocycles. The largest absolute Gasteiger partial charge is 0.480 e. The highest BCUT2D eigenvalue weighted by Crippen LogP contribution is 2.05. The van der Waals surface area contributed by atoms with E-state index in [1.807, 2.05) is 0 Å². The predicted octanol–water partition coefficient (Wildman–Crippen LogP) is -1.50. The Hall–Kier alpha value is -4.16. The van der Waals surface area contributed by atoms with Crippen LogP contribution >= 0.6 is 0 Å². The van der Waals surface area contributed by atoms with Crippen molar-refractivity contribution in [1.29, 1.82) is 0 Å². The average molecular weight is 465 g/mol. The number of carbonyl (C=O) groups excluding carboxylic acids is 5. The van der Waals surface area contributed by atoms with Gasteiger partial charge in [-0.1, -0.05) is 30.3 Å². The molecule has 33 heavy (non-hydrogen) atoms. The first kappa shape index (κ1) is 26.9. The number of primary amides is 2. The van der Waals surface area contributed by atoms with Crippen molar-refractivity contribution < 1.29 is 38.6 Å². The summed E-state index contributed by atoms with van der Waals surface area (Å²) in [5, 5.41) is 15.4. The Kier molecular flexibility index (Phi) is 11.4. The van der Waals surface area contributed by atoms with Gasteiger partial charge < -0.3 is 37.3 Å². The van der Waals surface area contributed by atoms with Crippen molar-refractivity contribution in [3.05, 3.63) is 35.9 Å². The molecule has 0 saturated carbocycles. The fourth-order valence-corrected chi connectivity index (χ4v) is 2.58. The molecular formula is C20H27N5O8. The Labute approximate surface area is 189 Å². The zero-order valence-corrected chi connectivity index (χ0v) is 17.7. The van der Waals surface area contributed by atoms with Gasteiger partial charge in [0, 0.05) is 12.8 Å². The topological polar surface area (TPSA) is 220 Å². The third-order valence-electron chi connectivity index (χ3n) is 4.23. The van der Waals surface area contributed by atoms with Crippen LogP contribution in [0.15, 0.2) is 30.3 Å². The number of ether oxygens (including phenoxy) is 1. The standard InChI is InChI=1S/C20H27N5O8/c21-15(26)8-6-13(18(30)23-10-17(28)29)24-19(31)14(7-9-16(22)27)25-20(32)33-11-12-4-2-1-3-5-12/h1-5,13-14H,6-11H2,(H2,21,26)(H2,22,27)(H,23,30)(H,24,31)(H,25,32)(H,28,29)/t13-,14-/m0/s1. The van der Waals surface area contributed by atoms with Crippen molar-refractivity contribution in [2.75, 3.05) is 6.54 Å². The molecule has 0 bridgehead atoms. The summed E-state index contributed by atoms with van der Waals surface area (Å²) in [7, 11) is 0. The molecule has 13 nitrogen and oxygen atoms in total. The van der Waals surface area contributed by atoms with E-state index in [2.05, 4.69) is 16.0 Å². The number of nitrogens with two attached hydrogens (primary N) is 2. The van der Waals surface area contributed by atoms with E-state index in [9.17, 15) is 28.8 Å². The van der Waals surface area contributed by atoms with Crippen molar-refractivity contribution in [3.8, 4) is 0 Å². The molecule has 1 rings (SSSR count). The van der Waals surface area contributed by atoms with Crippen LogP contribution in [0.1, 0.15) is 31.2 Å². The predicted molar refractivity (Wildman–Crippen MR) is 113 cm³/mol. The first-order valence-electron chi connectivity index (χ1n) is 9.92. The van der Waals surface area contributed by atoms with Crippen molar-refractivity contribution in [3.63, 3.8) is 0 Å². The number of hydrogen-bond donors (Lipinski definition) is 6. The highest BCUT2D eigenvalue weighted by Gasteiger charge is 2.28. The maximum absolute atomic E-state index is 12.7. The molecule has 0 aliphatic carbocycles. The number of nitrogens with one attached hydrogen (secondary N) is 3. The fourth-order valence-electron chi connectivity index (χ4n) is 2.58. The van der Waals surface area contributed by atoms with Gasteiger partial charge in [0.1, 0.15) is 25.2 Å². The van der Waals surface area contributed by atoms with E-state index in [0.717, 1.165) is 0 Å². The van der Waals surface area contributed by atoms with Crippen molar-refractivity contribution >= 4 is 35.7 Å². The van der Waals surface area contributed by atoms with Crippen molar-refractivity contribution in [2.24, 2.45) is 11.5 Å². The fraction of sp³-hybridized carbons (Fsp3) is 0.400. The lowest BCUT2D eigenvalue weighted by Crippen LogP contribution is -2.54. The Morgan fingerprint density at radius 2 is 1.39 bits per heavy atom. The first-order valence-corrected chi connectivity index (χ1v) is 9.92. The minimum absolute atomic E-state index is 0.0737. The maximum atomic E-state index is 12.7. The molecule has 13 heteroatoms. The number of rotatable bonds is 14. The molecule has 8 N–H and O–H groups in total. The monoisotopic (exact) mass is 465 g/mol. The summed E-state index contributed by atoms with van der Waals surface area (Å²) in [6, 6.07) is 6.12. The molecule has 0 unspecified atom stereocenters. The quantitative estimate of drug-likeness (QED) is 0.189. The number of benzene rings is 1. The van der Waals surface area contributed by atoms with Crippen LogP contribution in [0.2, 0.25) is 0 Å². The molecule has 1 aromatic carbocycles. The number of alkyl carbamates (subject to hydrolysis) is 1. The molecule has 1 aromatic rings. The average Bonchev–Trinajstić information content (AvgIpc) is 2.76. The summed E-state index contributed by atoms with van der Waals surface area (Å²) in [6.45, 7) is -0.785. The minimum Gasteiger partial charge on any atom is -0.480 e. The summed E-state index contributed by atoms with van der Waals surface area (Å²) < 4.78 is 5.06. The van der Waals surface area contributed by atoms with Gasteiger partial charge >= 0.3 is 12.1 Å². The SMILES string of the molecule is NC(=O)CC[C@H](NC(=O)OCc1ccccc1)C(=O)N[C@@H](CCC(N)=O)C(=O)NCC(=O)O. The van der Waals surface area contributed by atoms with Crippen LogP contribution < -0.4 is 27.4 Å². The second-order valence-electron chi connectivity index (χ2n) is 6.94. The number of aliphatic carboxylic acids is 1. The normalized spacial score (nSPS) is 12.0. The Balaban J connectivity index is 2.83. The Bertz CT molecular complexity index is 861. The molecule has 2 atom stereocenters. The van der Waals surface area contributed by atoms with Gasteiger partial charge in [-0.15, -0.1) is 0 Å². The number of hydrogen-bond acceptors (Lipinski definition) is 7. The molecule has 0 fully saturated rings. The molecular weight excluding hydrogens is 438 g/mol. The molecule has 0 aliphatic rings. The molecule has 0 aliphatic heterocycles. The molecule has 180 valence electrons. The summed E-state index contributed by atoms with van der Waals surface area (Å²) in [5.41, 5.74) is 10.9. The first-order chi connectivity index (χ1) is 15.6. The number of amides is 5. The smallest absolute Gasteiger partial charge is 0.408 e. The Morgan fingerprint density at radius 3 is 1.91 bits per heavy atom. The number of carboxylic acids is 1. The van der Waals surface area contributed by atoms with Crippen LogP contribution in [0.5, 0.6) is 0 Å². The third kappa shape index (κ3) is 11.7. The molecule has 5 amide bonds. The zero-order valence-electron chi connectivity index (χ0n) is 17.7. The van der Waals surface area contributed by atoms with Gasteiger partial charge in [0.05, 0.1) is 0 Å². The van der Waals surface area contributed by atoms with Gasteiger partial charge in [0.15, 0.2) is 0 Å². The highest BCUT2D eigenvalue weighted by atomic mass is 16.5. The molecule has 0 aromatic heterocycles. The van der Waals surface area contributed by atoms with Crippen LogP contribution in [0.3, 0.4) is 0 Å². The van der Waals surface area contributed by atoms with Crippen LogP contribution in [0.4, 0.5) is 4.79 Å². The van der Waals surface area contributed by atoms with Crippen LogP contribution in [-0.2, 0) is 35.3 Å². The van der Waals surface area contributed by atoms with Gasteiger partial charge in [-0.05, 0) is 18.4 Å². The number of carbonyl (C=O) groups is 6. The second-order valence-corrected chi connectivity index (χ2v) is 6.94. The highest BCUT2D eigenvalue weighted by molar-refractivity contribution is 5.92. The number of carboxylic acid groups (broad SMARTS) is 1. The maximum Gasteiger partial charge on any atom is 0.408 e. The van der Waals surface area contributed by atoms with E-state index in [-0.39, 0.29) is 32.3 Å². The lowest BCUT2D eigenvalue weighted by molar-refractivity contribution is -0.138. The van der Waals surface area contributed by atoms with E-state index >= 15 is 0 Å². The minimum atomic E-state index is -1.32. The van der Waals surface area contributed by atoms with Crippen molar-refractivity contribution in [1.82, 2.24) is 16.0 Å². The molecule has 0 radical (unpaired) electrons. The van der Waals surface area contributed by atoms with Gasteiger partial charge in [0.25, 0.3) is 0 Å². The lowest BCUT2D eigenvalue weighted by Gasteiger charge is -2.22. The lowest BCUT2D eigenvalue weighted by atomic mass is 10.1. The van der Waals surface area contributed by atoms with Crippen LogP contribution in [0, 0.1) is 0 Å². The Morgan fingerprint density at radius 1 is 0.848 bits per heavy atom. The van der Waals surface area contributed by atoms with E-state index in [1.165, 1.54) is 0 Å². The summed E-state index contributed by atoms with van der Waals surface area (Å²) in [4.78, 5) is 70.0. The van der Waals surface area contributed by atoms with E-state index in [1.54, 1.807) is 30.3 Å². The van der Waals surface area contributed by atoms with E-state index < -0.39 is 54.3 Å². The third-order valence-corrected chi connectivity index (χ3v) is 4.23. The molecule has 0 heterocycles. The van der Waals surface area contributed by atoms with Gasteiger partial charge in [-0.2, -0.15) is 0 Å². The van der Waals surface area contributed by atoms with Crippen LogP contribution in [-0.4, -0.2) is 59.4 Å². The van der Waals surface area contributed by atoms with Crippen molar-refractivity contribution in [2.45, 2.75) is 44.4 Å². The summed E-state index contributed by atoms with van der Waals surface area (Å²) in [6.07, 6.45) is -1.89. The molecule has 0 spiro atoms. The van der Waals surface area contributed by atoms with E-state index in [4.69, 9.17) is 21.3 Å². The zero-order chi connectivity index (χ0) is 24.8.